The van der Waals surface area contributed by atoms with Crippen LogP contribution in [0.5, 0.6) is 5.75 Å². The molecule has 1 saturated carbocycles. The molecule has 13 heteroatoms. The van der Waals surface area contributed by atoms with Crippen LogP contribution in [-0.2, 0) is 37.3 Å². The van der Waals surface area contributed by atoms with E-state index in [0.717, 1.165) is 95.6 Å². The molecule has 4 heterocycles. The molecule has 5 aliphatic rings. The highest BCUT2D eigenvalue weighted by Crippen LogP contribution is 2.47. The standard InChI is InChI=1S/C42H57ClN4O7S/c1-29-7-6-16-42(52-3,28-45-18-20-46(21-19-45)36-15-22-53-40(48)25-36)37-13-10-33(37)26-47-17-5-4-8-31-23-35(43)12-9-34(31)27-54-39-14-11-32(24-38(39)47)41(49)44-55(50,51)30(29)2/h6,9,11-12,14,16,23-24,29-30,33,36-37H,4-5,7-8,10,13,15,17-22,25-28H2,1-3H3,(H,44,49)/b16-6+/t29-,30+,33-,36-,37+,42+/m0/s1. The van der Waals surface area contributed by atoms with Gasteiger partial charge in [-0.3, -0.25) is 19.4 Å². The summed E-state index contributed by atoms with van der Waals surface area (Å²) in [5, 5.41) is -0.0976. The number of nitrogens with zero attached hydrogens (tertiary/aromatic N) is 3. The molecule has 0 radical (unpaired) electrons. The van der Waals surface area contributed by atoms with Crippen molar-refractivity contribution in [3.05, 3.63) is 70.3 Å². The maximum absolute atomic E-state index is 13.6. The highest BCUT2D eigenvalue weighted by atomic mass is 35.5. The molecule has 2 bridgehead atoms. The number of carbonyl (C=O) groups excluding carboxylic acids is 2. The van der Waals surface area contributed by atoms with Gasteiger partial charge in [-0.1, -0.05) is 36.7 Å². The van der Waals surface area contributed by atoms with Gasteiger partial charge >= 0.3 is 5.97 Å². The van der Waals surface area contributed by atoms with E-state index in [2.05, 4.69) is 31.6 Å². The van der Waals surface area contributed by atoms with Crippen LogP contribution in [0.25, 0.3) is 0 Å². The van der Waals surface area contributed by atoms with Crippen molar-refractivity contribution in [3.63, 3.8) is 0 Å². The zero-order chi connectivity index (χ0) is 38.7. The molecule has 11 nitrogen and oxygen atoms in total. The number of ether oxygens (including phenoxy) is 3. The van der Waals surface area contributed by atoms with E-state index in [1.54, 1.807) is 13.0 Å². The third kappa shape index (κ3) is 9.04. The number of halogens is 1. The van der Waals surface area contributed by atoms with Gasteiger partial charge in [-0.05, 0) is 111 Å². The summed E-state index contributed by atoms with van der Waals surface area (Å²) in [6.45, 7) is 10.2. The van der Waals surface area contributed by atoms with Crippen LogP contribution < -0.4 is 14.4 Å². The van der Waals surface area contributed by atoms with Gasteiger partial charge in [0.1, 0.15) is 18.0 Å². The van der Waals surface area contributed by atoms with Crippen molar-refractivity contribution in [1.29, 1.82) is 0 Å². The number of sulfonamides is 1. The number of cyclic esters (lactones) is 1. The van der Waals surface area contributed by atoms with Gasteiger partial charge in [-0.15, -0.1) is 0 Å². The normalized spacial score (nSPS) is 31.6. The van der Waals surface area contributed by atoms with Crippen LogP contribution in [0.1, 0.15) is 80.3 Å². The predicted molar refractivity (Wildman–Crippen MR) is 214 cm³/mol. The van der Waals surface area contributed by atoms with Crippen molar-refractivity contribution in [2.24, 2.45) is 17.8 Å². The second-order valence-electron chi connectivity index (χ2n) is 16.4. The maximum atomic E-state index is 13.6. The van der Waals surface area contributed by atoms with Gasteiger partial charge in [0.2, 0.25) is 10.0 Å². The van der Waals surface area contributed by atoms with E-state index >= 15 is 0 Å². The Balaban J connectivity index is 1.20. The number of rotatable bonds is 4. The second kappa shape index (κ2) is 17.1. The van der Waals surface area contributed by atoms with Crippen LogP contribution >= 0.6 is 11.6 Å². The van der Waals surface area contributed by atoms with E-state index in [0.29, 0.717) is 42.7 Å². The van der Waals surface area contributed by atoms with Crippen molar-refractivity contribution >= 4 is 39.2 Å². The summed E-state index contributed by atoms with van der Waals surface area (Å²) < 4.78 is 48.0. The Labute approximate surface area is 331 Å². The summed E-state index contributed by atoms with van der Waals surface area (Å²) in [7, 11) is -2.16. The number of carbonyl (C=O) groups is 2. The van der Waals surface area contributed by atoms with E-state index in [1.165, 1.54) is 5.56 Å². The van der Waals surface area contributed by atoms with Gasteiger partial charge < -0.3 is 19.1 Å². The lowest BCUT2D eigenvalue weighted by atomic mass is 9.63. The summed E-state index contributed by atoms with van der Waals surface area (Å²) in [6, 6.07) is 11.5. The third-order valence-electron chi connectivity index (χ3n) is 13.1. The van der Waals surface area contributed by atoms with Gasteiger partial charge in [0.05, 0.1) is 24.0 Å². The lowest BCUT2D eigenvalue weighted by Crippen LogP contribution is -2.59. The average Bonchev–Trinajstić information content (AvgIpc) is 3.19. The lowest BCUT2D eigenvalue weighted by Gasteiger charge is -2.52. The molecule has 0 unspecified atom stereocenters. The third-order valence-corrected chi connectivity index (χ3v) is 15.2. The molecule has 7 rings (SSSR count). The second-order valence-corrected chi connectivity index (χ2v) is 18.8. The van der Waals surface area contributed by atoms with Crippen molar-refractivity contribution in [1.82, 2.24) is 14.5 Å². The first-order chi connectivity index (χ1) is 26.4. The summed E-state index contributed by atoms with van der Waals surface area (Å²) in [6.07, 6.45) is 11.0. The van der Waals surface area contributed by atoms with Crippen molar-refractivity contribution in [3.8, 4) is 5.75 Å². The first-order valence-corrected chi connectivity index (χ1v) is 22.1. The molecule has 0 aromatic heterocycles. The molecule has 300 valence electrons. The predicted octanol–water partition coefficient (Wildman–Crippen LogP) is 5.84. The van der Waals surface area contributed by atoms with E-state index in [-0.39, 0.29) is 29.4 Å². The number of benzene rings is 2. The van der Waals surface area contributed by atoms with Crippen molar-refractivity contribution < 1.29 is 32.2 Å². The summed E-state index contributed by atoms with van der Waals surface area (Å²) >= 11 is 6.41. The summed E-state index contributed by atoms with van der Waals surface area (Å²) in [4.78, 5) is 33.0. The van der Waals surface area contributed by atoms with E-state index < -0.39 is 26.8 Å². The van der Waals surface area contributed by atoms with Crippen LogP contribution in [0.3, 0.4) is 0 Å². The van der Waals surface area contributed by atoms with Crippen LogP contribution in [0, 0.1) is 17.8 Å². The highest BCUT2D eigenvalue weighted by Gasteiger charge is 2.48. The first kappa shape index (κ1) is 40.1. The average molecular weight is 797 g/mol. The van der Waals surface area contributed by atoms with Crippen LogP contribution in [0.4, 0.5) is 5.69 Å². The quantitative estimate of drug-likeness (QED) is 0.299. The molecule has 6 atom stereocenters. The smallest absolute Gasteiger partial charge is 0.307 e. The molecule has 4 aliphatic heterocycles. The first-order valence-electron chi connectivity index (χ1n) is 20.1. The molecule has 2 saturated heterocycles. The topological polar surface area (TPSA) is 118 Å². The van der Waals surface area contributed by atoms with Crippen molar-refractivity contribution in [2.75, 3.05) is 64.4 Å². The Kier molecular flexibility index (Phi) is 12.5. The van der Waals surface area contributed by atoms with Gasteiger partial charge in [0, 0.05) is 69.6 Å². The minimum Gasteiger partial charge on any atom is -0.487 e. The molecule has 1 aliphatic carbocycles. The summed E-state index contributed by atoms with van der Waals surface area (Å²) in [5.74, 6) is 0.205. The monoisotopic (exact) mass is 796 g/mol. The molecule has 1 N–H and O–H groups in total. The van der Waals surface area contributed by atoms with E-state index in [9.17, 15) is 18.0 Å². The number of aryl methyl sites for hydroxylation is 1. The number of amides is 1. The van der Waals surface area contributed by atoms with Crippen LogP contribution in [-0.4, -0.2) is 107 Å². The summed E-state index contributed by atoms with van der Waals surface area (Å²) in [5.41, 5.74) is 2.75. The van der Waals surface area contributed by atoms with E-state index in [4.69, 9.17) is 25.8 Å². The Hall–Kier alpha value is -3.16. The molecule has 55 heavy (non-hydrogen) atoms. The Bertz CT molecular complexity index is 1850. The SMILES string of the molecule is CO[C@@]1(CN2CCN([C@H]3CCOC(=O)C3)CC2)/C=C/C[C@H](C)[C@@H](C)S(=O)(=O)NC(=O)c2ccc3c(c2)N(CCCCc2cc(Cl)ccc2CO3)C[C@@H]2CC[C@H]21. The number of esters is 1. The fourth-order valence-electron chi connectivity index (χ4n) is 9.24. The fraction of sp³-hybridized carbons (Fsp3) is 0.619. The maximum Gasteiger partial charge on any atom is 0.307 e. The van der Waals surface area contributed by atoms with Crippen molar-refractivity contribution in [2.45, 2.75) is 88.7 Å². The molecule has 2 aromatic rings. The molecule has 1 amide bonds. The number of allylic oxidation sites excluding steroid dienone is 1. The molecule has 0 spiro atoms. The Morgan fingerprint density at radius 3 is 2.53 bits per heavy atom. The van der Waals surface area contributed by atoms with Crippen LogP contribution in [0.2, 0.25) is 5.02 Å². The Morgan fingerprint density at radius 1 is 0.964 bits per heavy atom. The number of nitrogens with one attached hydrogen (secondary N) is 1. The minimum atomic E-state index is -3.98. The van der Waals surface area contributed by atoms with Gasteiger partial charge in [0.15, 0.2) is 0 Å². The number of anilines is 1. The van der Waals surface area contributed by atoms with Gasteiger partial charge in [0.25, 0.3) is 5.91 Å². The molecular formula is C42H57ClN4O7S. The fourth-order valence-corrected chi connectivity index (χ4v) is 10.7. The van der Waals surface area contributed by atoms with Gasteiger partial charge in [-0.25, -0.2) is 13.1 Å². The number of hydrogen-bond acceptors (Lipinski definition) is 10. The zero-order valence-corrected chi connectivity index (χ0v) is 34.1. The number of fused-ring (bicyclic) bond motifs is 3. The highest BCUT2D eigenvalue weighted by molar-refractivity contribution is 7.90. The minimum absolute atomic E-state index is 0.106. The van der Waals surface area contributed by atoms with Gasteiger partial charge in [-0.2, -0.15) is 0 Å². The largest absolute Gasteiger partial charge is 0.487 e. The Morgan fingerprint density at radius 2 is 1.78 bits per heavy atom. The van der Waals surface area contributed by atoms with E-state index in [1.807, 2.05) is 44.4 Å². The van der Waals surface area contributed by atoms with Crippen LogP contribution in [0.15, 0.2) is 48.6 Å². The lowest BCUT2D eigenvalue weighted by molar-refractivity contribution is -0.150. The molecular weight excluding hydrogens is 740 g/mol. The number of hydrogen-bond donors (Lipinski definition) is 1. The number of methoxy groups -OCH3 is 1. The molecule has 3 fully saturated rings. The number of piperazine rings is 1. The molecule has 2 aromatic carbocycles. The zero-order valence-electron chi connectivity index (χ0n) is 32.5.